The van der Waals surface area contributed by atoms with Gasteiger partial charge in [0.1, 0.15) is 21.3 Å². The van der Waals surface area contributed by atoms with Gasteiger partial charge in [-0.15, -0.1) is 11.3 Å². The van der Waals surface area contributed by atoms with Crippen molar-refractivity contribution in [3.05, 3.63) is 52.2 Å². The molecule has 0 aliphatic heterocycles. The lowest BCUT2D eigenvalue weighted by Gasteiger charge is -2.06. The van der Waals surface area contributed by atoms with Gasteiger partial charge in [-0.25, -0.2) is 9.50 Å². The summed E-state index contributed by atoms with van der Waals surface area (Å²) >= 11 is 1.33. The van der Waals surface area contributed by atoms with Gasteiger partial charge in [-0.05, 0) is 43.2 Å². The van der Waals surface area contributed by atoms with E-state index < -0.39 is 0 Å². The molecule has 1 aromatic carbocycles. The number of pyridine rings is 1. The second kappa shape index (κ2) is 6.55. The number of nitrogens with zero attached hydrogens (tertiary/aromatic N) is 3. The summed E-state index contributed by atoms with van der Waals surface area (Å²) in [5.74, 6) is 1.26. The number of carbonyl (C=O) groups excluding carboxylic acids is 1. The van der Waals surface area contributed by atoms with Crippen LogP contribution in [0.3, 0.4) is 0 Å². The second-order valence-corrected chi connectivity index (χ2v) is 7.31. The molecule has 0 fully saturated rings. The number of ether oxygens (including phenoxy) is 1. The fourth-order valence-corrected chi connectivity index (χ4v) is 4.24. The van der Waals surface area contributed by atoms with Crippen molar-refractivity contribution < 1.29 is 9.53 Å². The maximum Gasteiger partial charge on any atom is 0.263 e. The van der Waals surface area contributed by atoms with E-state index in [1.165, 1.54) is 11.3 Å². The number of hydrogen-bond donors (Lipinski definition) is 2. The highest BCUT2D eigenvalue weighted by molar-refractivity contribution is 7.21. The second-order valence-electron chi connectivity index (χ2n) is 6.31. The lowest BCUT2D eigenvalue weighted by Crippen LogP contribution is -2.22. The van der Waals surface area contributed by atoms with Crippen molar-refractivity contribution >= 4 is 38.8 Å². The van der Waals surface area contributed by atoms with E-state index in [4.69, 9.17) is 10.5 Å². The molecule has 0 bridgehead atoms. The van der Waals surface area contributed by atoms with Crippen LogP contribution < -0.4 is 15.8 Å². The first-order valence-electron chi connectivity index (χ1n) is 8.44. The average Bonchev–Trinajstić information content (AvgIpc) is 3.20. The van der Waals surface area contributed by atoms with Gasteiger partial charge in [0.15, 0.2) is 5.65 Å². The first kappa shape index (κ1) is 17.3. The minimum Gasteiger partial charge on any atom is -0.497 e. The number of benzene rings is 1. The topological polar surface area (TPSA) is 94.5 Å². The molecule has 0 unspecified atom stereocenters. The molecule has 7 nitrogen and oxygen atoms in total. The van der Waals surface area contributed by atoms with E-state index in [1.807, 2.05) is 44.2 Å². The lowest BCUT2D eigenvalue weighted by atomic mass is 10.1. The fourth-order valence-electron chi connectivity index (χ4n) is 3.08. The minimum atomic E-state index is -0.200. The zero-order valence-corrected chi connectivity index (χ0v) is 16.1. The van der Waals surface area contributed by atoms with Crippen LogP contribution in [0.5, 0.6) is 5.75 Å². The standard InChI is InChI=1S/C19H19N5O2S/c1-10-8-14-22-11(2)23-24(14)19-15(10)16(20)17(27-19)18(25)21-9-12-4-6-13(26-3)7-5-12/h4-8H,9,20H2,1-3H3,(H,21,25). The lowest BCUT2D eigenvalue weighted by molar-refractivity contribution is 0.0956. The summed E-state index contributed by atoms with van der Waals surface area (Å²) in [6.07, 6.45) is 0. The highest BCUT2D eigenvalue weighted by Crippen LogP contribution is 2.36. The number of rotatable bonds is 4. The van der Waals surface area contributed by atoms with Gasteiger partial charge in [-0.3, -0.25) is 4.79 Å². The number of methoxy groups -OCH3 is 1. The molecule has 4 rings (SSSR count). The van der Waals surface area contributed by atoms with E-state index in [0.717, 1.165) is 32.7 Å². The Morgan fingerprint density at radius 1 is 1.30 bits per heavy atom. The molecular formula is C19H19N5O2S. The normalized spacial score (nSPS) is 11.2. The summed E-state index contributed by atoms with van der Waals surface area (Å²) in [4.78, 5) is 18.5. The van der Waals surface area contributed by atoms with Crippen molar-refractivity contribution in [1.82, 2.24) is 19.9 Å². The Morgan fingerprint density at radius 3 is 2.74 bits per heavy atom. The molecule has 0 saturated carbocycles. The highest BCUT2D eigenvalue weighted by atomic mass is 32.1. The van der Waals surface area contributed by atoms with Crippen LogP contribution >= 0.6 is 11.3 Å². The van der Waals surface area contributed by atoms with E-state index >= 15 is 0 Å². The van der Waals surface area contributed by atoms with Crippen molar-refractivity contribution in [1.29, 1.82) is 0 Å². The first-order chi connectivity index (χ1) is 13.0. The van der Waals surface area contributed by atoms with E-state index in [0.29, 0.717) is 22.9 Å². The molecule has 0 saturated heterocycles. The summed E-state index contributed by atoms with van der Waals surface area (Å²) in [7, 11) is 1.62. The summed E-state index contributed by atoms with van der Waals surface area (Å²) in [5.41, 5.74) is 9.51. The Hall–Kier alpha value is -3.13. The summed E-state index contributed by atoms with van der Waals surface area (Å²) in [6, 6.07) is 9.49. The summed E-state index contributed by atoms with van der Waals surface area (Å²) < 4.78 is 6.89. The Labute approximate surface area is 159 Å². The van der Waals surface area contributed by atoms with Crippen LogP contribution in [0.15, 0.2) is 30.3 Å². The fraction of sp³-hybridized carbons (Fsp3) is 0.211. The maximum absolute atomic E-state index is 12.7. The number of amides is 1. The zero-order chi connectivity index (χ0) is 19.1. The van der Waals surface area contributed by atoms with E-state index in [2.05, 4.69) is 15.4 Å². The minimum absolute atomic E-state index is 0.200. The van der Waals surface area contributed by atoms with Crippen molar-refractivity contribution in [2.45, 2.75) is 20.4 Å². The van der Waals surface area contributed by atoms with E-state index in [1.54, 1.807) is 11.6 Å². The number of aryl methyl sites for hydroxylation is 2. The molecule has 8 heteroatoms. The number of thiophene rings is 1. The number of nitrogens with two attached hydrogens (primary N) is 1. The van der Waals surface area contributed by atoms with Gasteiger partial charge < -0.3 is 15.8 Å². The van der Waals surface area contributed by atoms with Crippen LogP contribution in [0.25, 0.3) is 15.9 Å². The van der Waals surface area contributed by atoms with Crippen molar-refractivity contribution in [2.24, 2.45) is 0 Å². The van der Waals surface area contributed by atoms with Gasteiger partial charge in [0.25, 0.3) is 5.91 Å². The third-order valence-corrected chi connectivity index (χ3v) is 5.60. The molecular weight excluding hydrogens is 362 g/mol. The summed E-state index contributed by atoms with van der Waals surface area (Å²) in [5, 5.41) is 8.21. The molecule has 138 valence electrons. The highest BCUT2D eigenvalue weighted by Gasteiger charge is 2.20. The number of hydrogen-bond acceptors (Lipinski definition) is 6. The molecule has 1 amide bonds. The number of nitrogens with one attached hydrogen (secondary N) is 1. The molecule has 27 heavy (non-hydrogen) atoms. The number of nitrogen functional groups attached to an aromatic ring is 1. The molecule has 0 spiro atoms. The average molecular weight is 381 g/mol. The maximum atomic E-state index is 12.7. The van der Waals surface area contributed by atoms with Gasteiger partial charge in [-0.2, -0.15) is 5.10 Å². The number of aromatic nitrogens is 3. The van der Waals surface area contributed by atoms with Crippen LogP contribution in [0.4, 0.5) is 5.69 Å². The van der Waals surface area contributed by atoms with Crippen LogP contribution in [-0.4, -0.2) is 27.6 Å². The monoisotopic (exact) mass is 381 g/mol. The van der Waals surface area contributed by atoms with Gasteiger partial charge in [0.05, 0.1) is 12.8 Å². The van der Waals surface area contributed by atoms with Crippen molar-refractivity contribution in [2.75, 3.05) is 12.8 Å². The van der Waals surface area contributed by atoms with Crippen LogP contribution in [0.2, 0.25) is 0 Å². The largest absolute Gasteiger partial charge is 0.497 e. The predicted octanol–water partition coefficient (Wildman–Crippen LogP) is 3.08. The predicted molar refractivity (Wildman–Crippen MR) is 106 cm³/mol. The van der Waals surface area contributed by atoms with Crippen molar-refractivity contribution in [3.63, 3.8) is 0 Å². The molecule has 4 aromatic rings. The zero-order valence-electron chi connectivity index (χ0n) is 15.2. The van der Waals surface area contributed by atoms with Gasteiger partial charge in [0.2, 0.25) is 0 Å². The Kier molecular flexibility index (Phi) is 4.19. The smallest absolute Gasteiger partial charge is 0.263 e. The SMILES string of the molecule is COc1ccc(CNC(=O)c2sc3c(c(C)cc4nc(C)nn43)c2N)cc1. The van der Waals surface area contributed by atoms with E-state index in [-0.39, 0.29) is 5.91 Å². The molecule has 0 aliphatic rings. The molecule has 3 heterocycles. The Bertz CT molecular complexity index is 1160. The third-order valence-electron chi connectivity index (χ3n) is 4.42. The van der Waals surface area contributed by atoms with Crippen LogP contribution in [-0.2, 0) is 6.54 Å². The number of anilines is 1. The Balaban J connectivity index is 1.66. The van der Waals surface area contributed by atoms with Crippen LogP contribution in [0.1, 0.15) is 26.6 Å². The molecule has 0 aliphatic carbocycles. The number of fused-ring (bicyclic) bond motifs is 3. The first-order valence-corrected chi connectivity index (χ1v) is 9.25. The summed E-state index contributed by atoms with van der Waals surface area (Å²) in [6.45, 7) is 4.22. The van der Waals surface area contributed by atoms with Crippen LogP contribution in [0, 0.1) is 13.8 Å². The number of carbonyl (C=O) groups is 1. The molecule has 3 N–H and O–H groups in total. The van der Waals surface area contributed by atoms with Gasteiger partial charge >= 0.3 is 0 Å². The molecule has 3 aromatic heterocycles. The van der Waals surface area contributed by atoms with Gasteiger partial charge in [-0.1, -0.05) is 12.1 Å². The van der Waals surface area contributed by atoms with Gasteiger partial charge in [0, 0.05) is 11.9 Å². The molecule has 0 atom stereocenters. The van der Waals surface area contributed by atoms with Crippen molar-refractivity contribution in [3.8, 4) is 5.75 Å². The third kappa shape index (κ3) is 2.97. The van der Waals surface area contributed by atoms with E-state index in [9.17, 15) is 4.79 Å². The molecule has 0 radical (unpaired) electrons. The quantitative estimate of drug-likeness (QED) is 0.566. The Morgan fingerprint density at radius 2 is 2.04 bits per heavy atom.